The van der Waals surface area contributed by atoms with Crippen molar-refractivity contribution in [2.24, 2.45) is 0 Å². The Morgan fingerprint density at radius 3 is 2.06 bits per heavy atom. The van der Waals surface area contributed by atoms with E-state index in [9.17, 15) is 18.5 Å². The molecule has 0 spiro atoms. The minimum atomic E-state index is -3.18. The van der Waals surface area contributed by atoms with Crippen LogP contribution in [0.15, 0.2) is 47.4 Å². The monoisotopic (exact) mass is 494 g/mol. The number of nitro groups is 1. The molecule has 0 radical (unpaired) electrons. The molecule has 0 aromatic heterocycles. The van der Waals surface area contributed by atoms with Crippen LogP contribution >= 0.6 is 11.6 Å². The second-order valence-corrected chi connectivity index (χ2v) is 11.0. The highest BCUT2D eigenvalue weighted by Gasteiger charge is 2.18. The summed E-state index contributed by atoms with van der Waals surface area (Å²) in [7, 11) is -3.18. The Bertz CT molecular complexity index is 994. The zero-order valence-electron chi connectivity index (χ0n) is 19.6. The summed E-state index contributed by atoms with van der Waals surface area (Å²) in [5, 5.41) is 11.7. The first-order valence-electron chi connectivity index (χ1n) is 11.7. The van der Waals surface area contributed by atoms with Crippen LogP contribution in [0.2, 0.25) is 5.02 Å². The Labute approximate surface area is 203 Å². The zero-order valence-corrected chi connectivity index (χ0v) is 21.2. The van der Waals surface area contributed by atoms with Gasteiger partial charge in [-0.25, -0.2) is 8.42 Å². The third kappa shape index (κ3) is 8.97. The molecule has 0 aliphatic rings. The van der Waals surface area contributed by atoms with Gasteiger partial charge in [-0.3, -0.25) is 10.1 Å². The molecule has 2 aromatic rings. The van der Waals surface area contributed by atoms with Gasteiger partial charge in [0.1, 0.15) is 5.69 Å². The van der Waals surface area contributed by atoms with E-state index in [2.05, 4.69) is 0 Å². The number of nitro benzene ring substituents is 1. The SMILES string of the molecule is CCN(CCCCCCCCCCS(=O)(=O)c1ccc(C)cc1)c1ccc(Cl)cc1[N+](=O)[O-]. The highest BCUT2D eigenvalue weighted by Crippen LogP contribution is 2.31. The van der Waals surface area contributed by atoms with E-state index >= 15 is 0 Å². The average molecular weight is 495 g/mol. The van der Waals surface area contributed by atoms with Gasteiger partial charge >= 0.3 is 0 Å². The molecule has 8 heteroatoms. The second-order valence-electron chi connectivity index (χ2n) is 8.43. The molecule has 0 aliphatic heterocycles. The first kappa shape index (κ1) is 27.1. The Balaban J connectivity index is 1.60. The predicted molar refractivity (Wildman–Crippen MR) is 136 cm³/mol. The third-order valence-corrected chi connectivity index (χ3v) is 7.88. The van der Waals surface area contributed by atoms with Crippen LogP contribution in [0.1, 0.15) is 63.9 Å². The summed E-state index contributed by atoms with van der Waals surface area (Å²) in [5.74, 6) is 0.208. The minimum Gasteiger partial charge on any atom is -0.366 e. The number of anilines is 1. The van der Waals surface area contributed by atoms with Crippen LogP contribution in [0, 0.1) is 17.0 Å². The normalized spacial score (nSPS) is 11.5. The van der Waals surface area contributed by atoms with Gasteiger partial charge in [0.25, 0.3) is 5.69 Å². The van der Waals surface area contributed by atoms with Gasteiger partial charge in [-0.2, -0.15) is 0 Å². The van der Waals surface area contributed by atoms with Gasteiger partial charge in [0.05, 0.1) is 15.6 Å². The van der Waals surface area contributed by atoms with E-state index in [4.69, 9.17) is 11.6 Å². The van der Waals surface area contributed by atoms with Crippen LogP contribution in [0.4, 0.5) is 11.4 Å². The molecule has 0 N–H and O–H groups in total. The lowest BCUT2D eigenvalue weighted by Crippen LogP contribution is -2.24. The summed E-state index contributed by atoms with van der Waals surface area (Å²) in [6.45, 7) is 5.42. The molecule has 0 atom stereocenters. The van der Waals surface area contributed by atoms with Crippen LogP contribution in [-0.2, 0) is 9.84 Å². The van der Waals surface area contributed by atoms with Crippen LogP contribution in [-0.4, -0.2) is 32.2 Å². The van der Waals surface area contributed by atoms with Crippen molar-refractivity contribution >= 4 is 32.8 Å². The summed E-state index contributed by atoms with van der Waals surface area (Å²) < 4.78 is 24.7. The molecule has 0 bridgehead atoms. The molecule has 0 unspecified atom stereocenters. The summed E-state index contributed by atoms with van der Waals surface area (Å²) in [6, 6.07) is 11.9. The highest BCUT2D eigenvalue weighted by molar-refractivity contribution is 7.91. The van der Waals surface area contributed by atoms with E-state index in [0.717, 1.165) is 57.1 Å². The van der Waals surface area contributed by atoms with E-state index in [1.165, 1.54) is 6.07 Å². The lowest BCUT2D eigenvalue weighted by atomic mass is 10.1. The molecular formula is C25H35ClN2O4S. The number of rotatable bonds is 15. The zero-order chi connectivity index (χ0) is 24.3. The molecule has 33 heavy (non-hydrogen) atoms. The Morgan fingerprint density at radius 1 is 0.909 bits per heavy atom. The molecule has 0 amide bonds. The molecule has 0 fully saturated rings. The van der Waals surface area contributed by atoms with E-state index in [1.54, 1.807) is 24.3 Å². The molecule has 0 aliphatic carbocycles. The maximum atomic E-state index is 12.4. The van der Waals surface area contributed by atoms with Crippen molar-refractivity contribution in [3.63, 3.8) is 0 Å². The minimum absolute atomic E-state index is 0.0498. The van der Waals surface area contributed by atoms with Crippen molar-refractivity contribution in [1.29, 1.82) is 0 Å². The molecular weight excluding hydrogens is 460 g/mol. The van der Waals surface area contributed by atoms with Gasteiger partial charge in [-0.1, -0.05) is 67.8 Å². The molecule has 2 aromatic carbocycles. The number of nitrogens with zero attached hydrogens (tertiary/aromatic N) is 2. The van der Waals surface area contributed by atoms with Gasteiger partial charge < -0.3 is 4.90 Å². The van der Waals surface area contributed by atoms with Crippen molar-refractivity contribution in [2.75, 3.05) is 23.7 Å². The van der Waals surface area contributed by atoms with E-state index < -0.39 is 9.84 Å². The summed E-state index contributed by atoms with van der Waals surface area (Å²) >= 11 is 5.92. The fourth-order valence-corrected chi connectivity index (χ4v) is 5.41. The van der Waals surface area contributed by atoms with Crippen molar-refractivity contribution in [1.82, 2.24) is 0 Å². The Morgan fingerprint density at radius 2 is 1.48 bits per heavy atom. The van der Waals surface area contributed by atoms with Gasteiger partial charge in [0.2, 0.25) is 0 Å². The number of aryl methyl sites for hydroxylation is 1. The fraction of sp³-hybridized carbons (Fsp3) is 0.520. The number of hydrogen-bond acceptors (Lipinski definition) is 5. The smallest absolute Gasteiger partial charge is 0.294 e. The van der Waals surface area contributed by atoms with E-state index in [1.807, 2.05) is 30.9 Å². The van der Waals surface area contributed by atoms with Gasteiger partial charge in [0, 0.05) is 24.2 Å². The highest BCUT2D eigenvalue weighted by atomic mass is 35.5. The van der Waals surface area contributed by atoms with Crippen molar-refractivity contribution in [3.8, 4) is 0 Å². The van der Waals surface area contributed by atoms with Gasteiger partial charge in [-0.15, -0.1) is 0 Å². The predicted octanol–water partition coefficient (Wildman–Crippen LogP) is 6.98. The third-order valence-electron chi connectivity index (χ3n) is 5.83. The summed E-state index contributed by atoms with van der Waals surface area (Å²) in [4.78, 5) is 13.4. The lowest BCUT2D eigenvalue weighted by molar-refractivity contribution is -0.384. The number of halogens is 1. The second kappa shape index (κ2) is 13.6. The van der Waals surface area contributed by atoms with Crippen LogP contribution < -0.4 is 4.90 Å². The topological polar surface area (TPSA) is 80.5 Å². The maximum Gasteiger partial charge on any atom is 0.294 e. The number of unbranched alkanes of at least 4 members (excludes halogenated alkanes) is 7. The summed E-state index contributed by atoms with van der Waals surface area (Å²) in [6.07, 6.45) is 8.05. The molecule has 0 saturated heterocycles. The Hall–Kier alpha value is -2.12. The quantitative estimate of drug-likeness (QED) is 0.151. The molecule has 6 nitrogen and oxygen atoms in total. The first-order valence-corrected chi connectivity index (χ1v) is 13.8. The number of benzene rings is 2. The van der Waals surface area contributed by atoms with Crippen LogP contribution in [0.3, 0.4) is 0 Å². The van der Waals surface area contributed by atoms with Crippen LogP contribution in [0.25, 0.3) is 0 Å². The van der Waals surface area contributed by atoms with Gasteiger partial charge in [0.15, 0.2) is 9.84 Å². The lowest BCUT2D eigenvalue weighted by Gasteiger charge is -2.23. The summed E-state index contributed by atoms with van der Waals surface area (Å²) in [5.41, 5.74) is 1.73. The average Bonchev–Trinajstić information content (AvgIpc) is 2.78. The fourth-order valence-electron chi connectivity index (χ4n) is 3.88. The molecule has 2 rings (SSSR count). The maximum absolute atomic E-state index is 12.4. The number of sulfone groups is 1. The molecule has 182 valence electrons. The van der Waals surface area contributed by atoms with Crippen molar-refractivity contribution in [3.05, 3.63) is 63.2 Å². The Kier molecular flexibility index (Phi) is 11.1. The number of hydrogen-bond donors (Lipinski definition) is 0. The van der Waals surface area contributed by atoms with Gasteiger partial charge in [-0.05, 0) is 51.0 Å². The largest absolute Gasteiger partial charge is 0.366 e. The van der Waals surface area contributed by atoms with Crippen molar-refractivity contribution < 1.29 is 13.3 Å². The van der Waals surface area contributed by atoms with E-state index in [0.29, 0.717) is 28.6 Å². The first-order chi connectivity index (χ1) is 15.7. The van der Waals surface area contributed by atoms with E-state index in [-0.39, 0.29) is 16.4 Å². The molecule has 0 saturated carbocycles. The van der Waals surface area contributed by atoms with Crippen LogP contribution in [0.5, 0.6) is 0 Å². The standard InChI is InChI=1S/C25H35ClN2O4S/c1-3-27(24-17-14-22(26)20-25(24)28(29)30)18-10-8-6-4-5-7-9-11-19-33(31,32)23-15-12-21(2)13-16-23/h12-17,20H,3-11,18-19H2,1-2H3. The van der Waals surface area contributed by atoms with Crippen molar-refractivity contribution in [2.45, 2.75) is 70.1 Å². The molecule has 0 heterocycles.